The highest BCUT2D eigenvalue weighted by Gasteiger charge is 2.29. The van der Waals surface area contributed by atoms with E-state index < -0.39 is 5.91 Å². The Kier molecular flexibility index (Phi) is 5.87. The molecule has 0 spiro atoms. The highest BCUT2D eigenvalue weighted by Crippen LogP contribution is 2.38. The largest absolute Gasteiger partial charge is 0.493 e. The number of carbonyl (C=O) groups excluding carboxylic acids is 2. The lowest BCUT2D eigenvalue weighted by atomic mass is 10.0. The number of amides is 2. The molecule has 2 N–H and O–H groups in total. The van der Waals surface area contributed by atoms with E-state index in [0.29, 0.717) is 22.3 Å². The fourth-order valence-corrected chi connectivity index (χ4v) is 3.57. The molecule has 0 saturated heterocycles. The van der Waals surface area contributed by atoms with Gasteiger partial charge in [0.25, 0.3) is 11.9 Å². The number of rotatable bonds is 6. The Hall–Kier alpha value is -3.79. The molecule has 4 rings (SSSR count). The van der Waals surface area contributed by atoms with Crippen molar-refractivity contribution in [1.82, 2.24) is 14.8 Å². The van der Waals surface area contributed by atoms with Crippen LogP contribution in [0.1, 0.15) is 28.4 Å². The highest BCUT2D eigenvalue weighted by atomic mass is 35.5. The lowest BCUT2D eigenvalue weighted by Gasteiger charge is -2.23. The van der Waals surface area contributed by atoms with Crippen LogP contribution in [0.15, 0.2) is 36.4 Å². The molecule has 1 aliphatic heterocycles. The molecule has 1 aliphatic rings. The summed E-state index contributed by atoms with van der Waals surface area (Å²) in [5.41, 5.74) is 1.10. The second-order valence-corrected chi connectivity index (χ2v) is 7.33. The van der Waals surface area contributed by atoms with Gasteiger partial charge in [0, 0.05) is 10.6 Å². The van der Waals surface area contributed by atoms with Crippen molar-refractivity contribution in [3.63, 3.8) is 0 Å². The fourth-order valence-electron chi connectivity index (χ4n) is 3.45. The summed E-state index contributed by atoms with van der Waals surface area (Å²) in [5.74, 6) is 0.638. The maximum atomic E-state index is 12.9. The number of benzene rings is 2. The van der Waals surface area contributed by atoms with Crippen LogP contribution in [0.2, 0.25) is 5.02 Å². The van der Waals surface area contributed by atoms with E-state index in [4.69, 9.17) is 25.8 Å². The maximum absolute atomic E-state index is 12.9. The van der Waals surface area contributed by atoms with Gasteiger partial charge in [-0.15, -0.1) is 5.10 Å². The van der Waals surface area contributed by atoms with Crippen molar-refractivity contribution >= 4 is 35.3 Å². The molecule has 0 radical (unpaired) electrons. The first-order valence-electron chi connectivity index (χ1n) is 9.56. The van der Waals surface area contributed by atoms with E-state index in [-0.39, 0.29) is 35.8 Å². The van der Waals surface area contributed by atoms with Crippen molar-refractivity contribution in [2.45, 2.75) is 12.5 Å². The van der Waals surface area contributed by atoms with Crippen molar-refractivity contribution in [3.05, 3.63) is 52.5 Å². The zero-order valence-corrected chi connectivity index (χ0v) is 18.3. The molecule has 10 nitrogen and oxygen atoms in total. The molecule has 0 aliphatic carbocycles. The van der Waals surface area contributed by atoms with Gasteiger partial charge in [0.1, 0.15) is 0 Å². The zero-order chi connectivity index (χ0) is 22.8. The van der Waals surface area contributed by atoms with Crippen LogP contribution in [-0.4, -0.2) is 47.9 Å². The molecule has 166 valence electrons. The third kappa shape index (κ3) is 4.04. The predicted octanol–water partition coefficient (Wildman–Crippen LogP) is 3.14. The minimum Gasteiger partial charge on any atom is -0.493 e. The van der Waals surface area contributed by atoms with Gasteiger partial charge in [-0.2, -0.15) is 4.98 Å². The van der Waals surface area contributed by atoms with Crippen molar-refractivity contribution in [2.24, 2.45) is 0 Å². The summed E-state index contributed by atoms with van der Waals surface area (Å²) in [6.07, 6.45) is 0.179. The second kappa shape index (κ2) is 8.75. The zero-order valence-electron chi connectivity index (χ0n) is 17.5. The quantitative estimate of drug-likeness (QED) is 0.584. The van der Waals surface area contributed by atoms with Gasteiger partial charge in [0.2, 0.25) is 17.6 Å². The molecular weight excluding hydrogens is 438 g/mol. The van der Waals surface area contributed by atoms with Crippen molar-refractivity contribution in [3.8, 4) is 17.2 Å². The average Bonchev–Trinajstić information content (AvgIpc) is 3.19. The number of fused-ring (bicyclic) bond motifs is 1. The lowest BCUT2D eigenvalue weighted by Crippen LogP contribution is -2.29. The molecule has 1 atom stereocenters. The first kappa shape index (κ1) is 21.4. The van der Waals surface area contributed by atoms with E-state index in [1.54, 1.807) is 16.8 Å². The Morgan fingerprint density at radius 1 is 1.12 bits per heavy atom. The molecule has 0 saturated carbocycles. The molecule has 32 heavy (non-hydrogen) atoms. The minimum atomic E-state index is -0.485. The van der Waals surface area contributed by atoms with E-state index >= 15 is 0 Å². The molecule has 11 heteroatoms. The van der Waals surface area contributed by atoms with E-state index in [0.717, 1.165) is 5.56 Å². The Morgan fingerprint density at radius 2 is 1.78 bits per heavy atom. The molecular formula is C21H20ClN5O5. The summed E-state index contributed by atoms with van der Waals surface area (Å²) in [6.45, 7) is 0. The molecule has 3 aromatic rings. The van der Waals surface area contributed by atoms with Crippen LogP contribution >= 0.6 is 11.6 Å². The van der Waals surface area contributed by atoms with Gasteiger partial charge in [-0.05, 0) is 29.8 Å². The number of hydrogen-bond acceptors (Lipinski definition) is 7. The Bertz CT molecular complexity index is 1150. The number of nitrogens with zero attached hydrogens (tertiary/aromatic N) is 3. The van der Waals surface area contributed by atoms with Crippen LogP contribution in [0.25, 0.3) is 0 Å². The maximum Gasteiger partial charge on any atom is 0.258 e. The van der Waals surface area contributed by atoms with Crippen molar-refractivity contribution in [2.75, 3.05) is 32.0 Å². The first-order chi connectivity index (χ1) is 15.4. The smallest absolute Gasteiger partial charge is 0.258 e. The molecule has 1 aromatic heterocycles. The van der Waals surface area contributed by atoms with Gasteiger partial charge < -0.3 is 14.2 Å². The number of carbonyl (C=O) groups is 2. The summed E-state index contributed by atoms with van der Waals surface area (Å²) in [7, 11) is 4.40. The second-order valence-electron chi connectivity index (χ2n) is 6.89. The molecule has 0 unspecified atom stereocenters. The van der Waals surface area contributed by atoms with Gasteiger partial charge >= 0.3 is 0 Å². The Labute approximate surface area is 188 Å². The van der Waals surface area contributed by atoms with E-state index in [9.17, 15) is 9.59 Å². The van der Waals surface area contributed by atoms with Gasteiger partial charge in [0.15, 0.2) is 11.5 Å². The number of aromatic nitrogens is 3. The number of anilines is 2. The van der Waals surface area contributed by atoms with Crippen LogP contribution in [0, 0.1) is 0 Å². The lowest BCUT2D eigenvalue weighted by molar-refractivity contribution is -0.117. The number of hydrogen-bond donors (Lipinski definition) is 2. The van der Waals surface area contributed by atoms with Crippen LogP contribution < -0.4 is 24.8 Å². The van der Waals surface area contributed by atoms with Gasteiger partial charge in [-0.25, -0.2) is 4.68 Å². The number of nitrogens with one attached hydrogen (secondary N) is 2. The summed E-state index contributed by atoms with van der Waals surface area (Å²) >= 11 is 5.97. The van der Waals surface area contributed by atoms with Gasteiger partial charge in [-0.1, -0.05) is 23.7 Å². The summed E-state index contributed by atoms with van der Waals surface area (Å²) in [5, 5.41) is 10.3. The summed E-state index contributed by atoms with van der Waals surface area (Å²) in [4.78, 5) is 29.3. The van der Waals surface area contributed by atoms with Crippen LogP contribution in [0.5, 0.6) is 17.2 Å². The standard InChI is InChI=1S/C21H20ClN5O5/c1-30-15-8-12(9-16(31-2)18(15)32-3)19(29)24-20-25-21-23-17(28)10-14(27(21)26-20)11-4-6-13(22)7-5-11/h4-9,14H,10H2,1-3H3,(H2,23,24,25,26,28,29)/t14-/m1/s1. The monoisotopic (exact) mass is 457 g/mol. The molecule has 2 amide bonds. The number of ether oxygens (including phenoxy) is 3. The Morgan fingerprint density at radius 3 is 2.38 bits per heavy atom. The number of halogens is 1. The first-order valence-corrected chi connectivity index (χ1v) is 9.94. The van der Waals surface area contributed by atoms with Crippen molar-refractivity contribution in [1.29, 1.82) is 0 Å². The highest BCUT2D eigenvalue weighted by molar-refractivity contribution is 6.30. The predicted molar refractivity (Wildman–Crippen MR) is 117 cm³/mol. The SMILES string of the molecule is COc1cc(C(=O)Nc2nc3n(n2)[C@@H](c2ccc(Cl)cc2)CC(=O)N3)cc(OC)c1OC. The third-order valence-corrected chi connectivity index (χ3v) is 5.22. The van der Waals surface area contributed by atoms with E-state index in [1.807, 2.05) is 12.1 Å². The van der Waals surface area contributed by atoms with Gasteiger partial charge in [-0.3, -0.25) is 20.2 Å². The molecule has 2 heterocycles. The molecule has 2 aromatic carbocycles. The molecule has 0 bridgehead atoms. The van der Waals surface area contributed by atoms with E-state index in [2.05, 4.69) is 20.7 Å². The minimum absolute atomic E-state index is 0.0416. The molecule has 0 fully saturated rings. The van der Waals surface area contributed by atoms with E-state index in [1.165, 1.54) is 33.5 Å². The topological polar surface area (TPSA) is 117 Å². The van der Waals surface area contributed by atoms with Crippen LogP contribution in [-0.2, 0) is 4.79 Å². The van der Waals surface area contributed by atoms with Crippen LogP contribution in [0.3, 0.4) is 0 Å². The average molecular weight is 458 g/mol. The number of methoxy groups -OCH3 is 3. The van der Waals surface area contributed by atoms with Gasteiger partial charge in [0.05, 0.1) is 33.8 Å². The fraction of sp³-hybridized carbons (Fsp3) is 0.238. The Balaban J connectivity index is 1.63. The summed E-state index contributed by atoms with van der Waals surface area (Å²) in [6, 6.07) is 9.79. The summed E-state index contributed by atoms with van der Waals surface area (Å²) < 4.78 is 17.4. The normalized spacial score (nSPS) is 14.9. The third-order valence-electron chi connectivity index (χ3n) is 4.96. The van der Waals surface area contributed by atoms with Crippen LogP contribution in [0.4, 0.5) is 11.9 Å². The van der Waals surface area contributed by atoms with Crippen molar-refractivity contribution < 1.29 is 23.8 Å².